The molecule has 0 aromatic carbocycles. The van der Waals surface area contributed by atoms with E-state index in [4.69, 9.17) is 18.9 Å². The van der Waals surface area contributed by atoms with E-state index in [0.717, 1.165) is 122 Å². The summed E-state index contributed by atoms with van der Waals surface area (Å²) >= 11 is 0. The molecule has 0 saturated carbocycles. The van der Waals surface area contributed by atoms with Crippen molar-refractivity contribution in [2.45, 2.75) is 257 Å². The topological polar surface area (TPSA) is 108 Å². The number of rotatable bonds is 61. The summed E-state index contributed by atoms with van der Waals surface area (Å²) in [7, 11) is 5.95. The Morgan fingerprint density at radius 2 is 0.621 bits per heavy atom. The first-order valence-electron chi connectivity index (χ1n) is 34.3. The zero-order valence-corrected chi connectivity index (χ0v) is 55.9. The fraction of sp³-hybridized carbons (Fsp3) is 0.603. The number of carboxylic acids is 1. The van der Waals surface area contributed by atoms with Crippen molar-refractivity contribution in [2.75, 3.05) is 47.5 Å². The molecule has 0 spiro atoms. The molecule has 0 aliphatic heterocycles. The van der Waals surface area contributed by atoms with Crippen LogP contribution >= 0.6 is 0 Å². The van der Waals surface area contributed by atoms with Crippen molar-refractivity contribution in [1.82, 2.24) is 0 Å². The van der Waals surface area contributed by atoms with Gasteiger partial charge < -0.3 is 28.5 Å². The molecule has 490 valence electrons. The fourth-order valence-electron chi connectivity index (χ4n) is 8.80. The number of carbonyl (C=O) groups is 3. The molecule has 0 amide bonds. The number of nitrogens with zero attached hydrogens (tertiary/aromatic N) is 1. The predicted octanol–water partition coefficient (Wildman–Crippen LogP) is 21.5. The fourth-order valence-corrected chi connectivity index (χ4v) is 8.80. The highest BCUT2D eigenvalue weighted by molar-refractivity contribution is 5.71. The Hall–Kier alpha value is -5.35. The average molecular weight is 1210 g/mol. The maximum absolute atomic E-state index is 12.9. The largest absolute Gasteiger partial charge is 0.477 e. The van der Waals surface area contributed by atoms with E-state index in [-0.39, 0.29) is 38.6 Å². The molecule has 0 aliphatic rings. The van der Waals surface area contributed by atoms with Gasteiger partial charge in [-0.3, -0.25) is 9.59 Å². The lowest BCUT2D eigenvalue weighted by Gasteiger charge is -2.25. The van der Waals surface area contributed by atoms with Crippen LogP contribution in [0.5, 0.6) is 0 Å². The number of likely N-dealkylation sites (N-methyl/N-ethyl adjacent to an activating group) is 1. The number of carbonyl (C=O) groups excluding carboxylic acids is 2. The minimum absolute atomic E-state index is 0.170. The summed E-state index contributed by atoms with van der Waals surface area (Å²) in [6.45, 7) is 4.59. The summed E-state index contributed by atoms with van der Waals surface area (Å²) in [5, 5.41) is 9.74. The van der Waals surface area contributed by atoms with Gasteiger partial charge in [0.2, 0.25) is 0 Å². The first kappa shape index (κ1) is 81.7. The number of unbranched alkanes of at least 4 members (excludes halogenated alkanes) is 18. The third kappa shape index (κ3) is 68.0. The summed E-state index contributed by atoms with van der Waals surface area (Å²) in [5.41, 5.74) is 0. The Bertz CT molecular complexity index is 2030. The Morgan fingerprint density at radius 1 is 0.345 bits per heavy atom. The second kappa shape index (κ2) is 66.6. The van der Waals surface area contributed by atoms with Gasteiger partial charge in [-0.15, -0.1) is 0 Å². The molecule has 0 heterocycles. The van der Waals surface area contributed by atoms with Gasteiger partial charge in [-0.05, 0) is 128 Å². The summed E-state index contributed by atoms with van der Waals surface area (Å²) in [6.07, 6.45) is 97.5. The Morgan fingerprint density at radius 3 is 0.943 bits per heavy atom. The Kier molecular flexibility index (Phi) is 62.5. The maximum Gasteiger partial charge on any atom is 0.361 e. The van der Waals surface area contributed by atoms with Crippen LogP contribution in [0, 0.1) is 0 Å². The molecule has 2 unspecified atom stereocenters. The zero-order valence-electron chi connectivity index (χ0n) is 55.9. The number of esters is 2. The average Bonchev–Trinajstić information content (AvgIpc) is 3.59. The first-order valence-corrected chi connectivity index (χ1v) is 34.3. The standard InChI is InChI=1S/C78H125NO8/c1-6-8-10-12-14-16-18-20-22-24-26-28-30-32-34-36-37-38-39-41-43-45-47-49-51-53-55-57-59-61-63-65-67-69-76(81)87-74(73-86-78(77(82)83)84-71-70-79(3,4)5)72-85-75(80)68-66-64-62-60-58-56-54-52-50-48-46-44-42-40-35-33-31-29-27-25-23-21-19-17-15-13-11-9-7-2/h8-11,14-17,20-23,26-29,32,34,37-38,41,43,47,49,53,55,59,61,74,78H,6-7,12-13,18-19,24-25,30-31,33,35-36,39-40,42,44-46,48,50-52,54,56-58,60,62-73H2,1-5H3/p+1/b10-8-,11-9-,16-14-,17-15-,22-20-,23-21-,28-26-,29-27-,34-32-,38-37-,43-41-,49-47-,55-53-,61-59-. The van der Waals surface area contributed by atoms with Gasteiger partial charge in [-0.1, -0.05) is 274 Å². The van der Waals surface area contributed by atoms with Gasteiger partial charge in [-0.25, -0.2) is 4.79 Å². The Balaban J connectivity index is 4.27. The highest BCUT2D eigenvalue weighted by Gasteiger charge is 2.25. The predicted molar refractivity (Wildman–Crippen MR) is 373 cm³/mol. The van der Waals surface area contributed by atoms with Gasteiger partial charge in [0.05, 0.1) is 34.4 Å². The number of carboxylic acid groups (broad SMARTS) is 1. The smallest absolute Gasteiger partial charge is 0.361 e. The van der Waals surface area contributed by atoms with Crippen molar-refractivity contribution in [3.8, 4) is 0 Å². The van der Waals surface area contributed by atoms with Crippen LogP contribution in [0.4, 0.5) is 0 Å². The van der Waals surface area contributed by atoms with Crippen LogP contribution in [0.15, 0.2) is 170 Å². The summed E-state index contributed by atoms with van der Waals surface area (Å²) in [5.74, 6) is -2.08. The molecule has 9 nitrogen and oxygen atoms in total. The van der Waals surface area contributed by atoms with Gasteiger partial charge in [0, 0.05) is 12.8 Å². The van der Waals surface area contributed by atoms with Crippen molar-refractivity contribution in [3.63, 3.8) is 0 Å². The van der Waals surface area contributed by atoms with Crippen molar-refractivity contribution >= 4 is 17.9 Å². The second-order valence-corrected chi connectivity index (χ2v) is 23.4. The number of ether oxygens (including phenoxy) is 4. The lowest BCUT2D eigenvalue weighted by molar-refractivity contribution is -0.870. The van der Waals surface area contributed by atoms with Crippen molar-refractivity contribution in [3.05, 3.63) is 170 Å². The second-order valence-electron chi connectivity index (χ2n) is 23.4. The van der Waals surface area contributed by atoms with Crippen molar-refractivity contribution in [2.24, 2.45) is 0 Å². The van der Waals surface area contributed by atoms with E-state index in [1.54, 1.807) is 0 Å². The highest BCUT2D eigenvalue weighted by Crippen LogP contribution is 2.16. The molecule has 1 N–H and O–H groups in total. The van der Waals surface area contributed by atoms with Crippen LogP contribution in [0.1, 0.15) is 245 Å². The van der Waals surface area contributed by atoms with Crippen LogP contribution in [0.3, 0.4) is 0 Å². The van der Waals surface area contributed by atoms with Crippen molar-refractivity contribution in [1.29, 1.82) is 0 Å². The van der Waals surface area contributed by atoms with E-state index >= 15 is 0 Å². The molecule has 0 aliphatic carbocycles. The van der Waals surface area contributed by atoms with Crippen LogP contribution in [-0.4, -0.2) is 87.4 Å². The number of quaternary nitrogens is 1. The summed E-state index contributed by atoms with van der Waals surface area (Å²) < 4.78 is 22.9. The van der Waals surface area contributed by atoms with Crippen LogP contribution in [0.25, 0.3) is 0 Å². The summed E-state index contributed by atoms with van der Waals surface area (Å²) in [6, 6.07) is 0. The molecular formula is C78H126NO8+. The molecule has 0 aromatic heterocycles. The monoisotopic (exact) mass is 1200 g/mol. The van der Waals surface area contributed by atoms with Gasteiger partial charge >= 0.3 is 17.9 Å². The number of hydrogen-bond acceptors (Lipinski definition) is 7. The van der Waals surface area contributed by atoms with E-state index in [1.165, 1.54) is 89.9 Å². The molecule has 0 radical (unpaired) electrons. The van der Waals surface area contributed by atoms with Crippen LogP contribution in [-0.2, 0) is 33.3 Å². The number of hydrogen-bond donors (Lipinski definition) is 1. The number of aliphatic carboxylic acids is 1. The van der Waals surface area contributed by atoms with Crippen LogP contribution < -0.4 is 0 Å². The maximum atomic E-state index is 12.9. The Labute approximate surface area is 533 Å². The lowest BCUT2D eigenvalue weighted by atomic mass is 10.0. The molecule has 0 fully saturated rings. The molecule has 87 heavy (non-hydrogen) atoms. The van der Waals surface area contributed by atoms with E-state index in [0.29, 0.717) is 17.4 Å². The van der Waals surface area contributed by atoms with Gasteiger partial charge in [0.1, 0.15) is 13.2 Å². The summed E-state index contributed by atoms with van der Waals surface area (Å²) in [4.78, 5) is 37.6. The van der Waals surface area contributed by atoms with E-state index < -0.39 is 24.3 Å². The minimum Gasteiger partial charge on any atom is -0.477 e. The molecule has 9 heteroatoms. The van der Waals surface area contributed by atoms with E-state index in [9.17, 15) is 19.5 Å². The first-order chi connectivity index (χ1) is 42.6. The van der Waals surface area contributed by atoms with Crippen molar-refractivity contribution < 1.29 is 42.9 Å². The molecule has 0 bridgehead atoms. The lowest BCUT2D eigenvalue weighted by Crippen LogP contribution is -2.40. The number of allylic oxidation sites excluding steroid dienone is 28. The highest BCUT2D eigenvalue weighted by atomic mass is 16.7. The minimum atomic E-state index is -1.53. The van der Waals surface area contributed by atoms with Gasteiger partial charge in [0.15, 0.2) is 6.10 Å². The SMILES string of the molecule is CC/C=C\C/C=C\C/C=C\C/C=C\C/C=C\C/C=C\C/C=C\C/C=C\C/C=C\C/C=C\CCCCC(=O)OC(COC(=O)CCCCCCCCCCCCCCCCCC/C=C\C/C=C\C/C=C\C/C=C\CC)COC(OCC[N+](C)(C)C)C(=O)O. The zero-order chi connectivity index (χ0) is 63.3. The van der Waals surface area contributed by atoms with E-state index in [2.05, 4.69) is 184 Å². The third-order valence-corrected chi connectivity index (χ3v) is 14.0. The molecular weight excluding hydrogens is 1080 g/mol. The van der Waals surface area contributed by atoms with Crippen LogP contribution in [0.2, 0.25) is 0 Å². The van der Waals surface area contributed by atoms with Gasteiger partial charge in [0.25, 0.3) is 6.29 Å². The van der Waals surface area contributed by atoms with Gasteiger partial charge in [-0.2, -0.15) is 0 Å². The van der Waals surface area contributed by atoms with E-state index in [1.807, 2.05) is 21.1 Å². The molecule has 0 rings (SSSR count). The quantitative estimate of drug-likeness (QED) is 0.0211. The molecule has 0 aromatic rings. The molecule has 2 atom stereocenters. The normalized spacial score (nSPS) is 13.8. The molecule has 0 saturated heterocycles. The third-order valence-electron chi connectivity index (χ3n) is 14.0.